The minimum atomic E-state index is 0.241. The molecule has 0 saturated carbocycles. The highest BCUT2D eigenvalue weighted by Crippen LogP contribution is 2.21. The number of rotatable bonds is 3. The monoisotopic (exact) mass is 143 g/mol. The van der Waals surface area contributed by atoms with Crippen LogP contribution in [0.2, 0.25) is 0 Å². The van der Waals surface area contributed by atoms with Gasteiger partial charge in [-0.25, -0.2) is 0 Å². The topological polar surface area (TPSA) is 21.3 Å². The van der Waals surface area contributed by atoms with Gasteiger partial charge in [-0.3, -0.25) is 0 Å². The molecule has 1 atom stereocenters. The first-order valence-electron chi connectivity index (χ1n) is 3.94. The van der Waals surface area contributed by atoms with Gasteiger partial charge in [-0.15, -0.1) is 0 Å². The molecule has 1 unspecified atom stereocenters. The lowest BCUT2D eigenvalue weighted by Crippen LogP contribution is -2.43. The quantitative estimate of drug-likeness (QED) is 0.640. The molecular formula is C8H17NO. The van der Waals surface area contributed by atoms with Crippen molar-refractivity contribution in [3.8, 4) is 0 Å². The minimum absolute atomic E-state index is 0.241. The molecule has 2 heteroatoms. The Morgan fingerprint density at radius 2 is 2.20 bits per heavy atom. The second kappa shape index (κ2) is 2.89. The summed E-state index contributed by atoms with van der Waals surface area (Å²) in [5.41, 5.74) is 0.241. The van der Waals surface area contributed by atoms with Crippen molar-refractivity contribution >= 4 is 0 Å². The molecule has 1 rings (SSSR count). The number of hydrogen-bond acceptors (Lipinski definition) is 2. The zero-order valence-corrected chi connectivity index (χ0v) is 7.11. The van der Waals surface area contributed by atoms with Crippen molar-refractivity contribution in [3.63, 3.8) is 0 Å². The Morgan fingerprint density at radius 1 is 1.60 bits per heavy atom. The van der Waals surface area contributed by atoms with Crippen molar-refractivity contribution in [2.24, 2.45) is 0 Å². The van der Waals surface area contributed by atoms with Crippen molar-refractivity contribution < 1.29 is 4.74 Å². The van der Waals surface area contributed by atoms with E-state index in [1.807, 2.05) is 7.05 Å². The van der Waals surface area contributed by atoms with Gasteiger partial charge in [0.2, 0.25) is 0 Å². The Bertz CT molecular complexity index is 108. The Balaban J connectivity index is 2.21. The van der Waals surface area contributed by atoms with Crippen molar-refractivity contribution in [2.75, 3.05) is 13.7 Å². The fourth-order valence-corrected chi connectivity index (χ4v) is 1.12. The van der Waals surface area contributed by atoms with Gasteiger partial charge < -0.3 is 10.1 Å². The molecule has 0 amide bonds. The molecule has 0 spiro atoms. The third-order valence-corrected chi connectivity index (χ3v) is 2.21. The summed E-state index contributed by atoms with van der Waals surface area (Å²) in [4.78, 5) is 0. The maximum atomic E-state index is 5.33. The van der Waals surface area contributed by atoms with Crippen LogP contribution in [0.15, 0.2) is 0 Å². The molecule has 1 aliphatic heterocycles. The molecule has 1 saturated heterocycles. The van der Waals surface area contributed by atoms with Gasteiger partial charge in [-0.1, -0.05) is 0 Å². The molecule has 0 aromatic heterocycles. The van der Waals surface area contributed by atoms with E-state index in [-0.39, 0.29) is 5.54 Å². The highest BCUT2D eigenvalue weighted by atomic mass is 16.5. The molecule has 0 radical (unpaired) electrons. The molecule has 1 fully saturated rings. The van der Waals surface area contributed by atoms with E-state index in [2.05, 4.69) is 19.2 Å². The van der Waals surface area contributed by atoms with Crippen LogP contribution in [0, 0.1) is 0 Å². The van der Waals surface area contributed by atoms with E-state index in [9.17, 15) is 0 Å². The SMILES string of the molecule is CNC(C)(C)CC1CCO1. The largest absolute Gasteiger partial charge is 0.378 e. The minimum Gasteiger partial charge on any atom is -0.378 e. The van der Waals surface area contributed by atoms with Gasteiger partial charge in [0.25, 0.3) is 0 Å². The molecule has 0 bridgehead atoms. The highest BCUT2D eigenvalue weighted by Gasteiger charge is 2.26. The van der Waals surface area contributed by atoms with Gasteiger partial charge in [-0.05, 0) is 33.7 Å². The van der Waals surface area contributed by atoms with E-state index < -0.39 is 0 Å². The average molecular weight is 143 g/mol. The summed E-state index contributed by atoms with van der Waals surface area (Å²) in [5.74, 6) is 0. The highest BCUT2D eigenvalue weighted by molar-refractivity contribution is 4.82. The molecule has 1 aliphatic rings. The first-order chi connectivity index (χ1) is 4.64. The zero-order chi connectivity index (χ0) is 7.61. The lowest BCUT2D eigenvalue weighted by atomic mass is 9.94. The van der Waals surface area contributed by atoms with Crippen LogP contribution >= 0.6 is 0 Å². The van der Waals surface area contributed by atoms with Crippen molar-refractivity contribution in [1.82, 2.24) is 5.32 Å². The number of hydrogen-bond donors (Lipinski definition) is 1. The first-order valence-corrected chi connectivity index (χ1v) is 3.94. The summed E-state index contributed by atoms with van der Waals surface area (Å²) in [6.45, 7) is 5.37. The molecule has 60 valence electrons. The summed E-state index contributed by atoms with van der Waals surface area (Å²) in [5, 5.41) is 3.26. The molecular weight excluding hydrogens is 126 g/mol. The van der Waals surface area contributed by atoms with Crippen LogP contribution in [-0.4, -0.2) is 25.3 Å². The van der Waals surface area contributed by atoms with E-state index in [0.29, 0.717) is 6.10 Å². The Hall–Kier alpha value is -0.0800. The second-order valence-corrected chi connectivity index (χ2v) is 3.62. The van der Waals surface area contributed by atoms with Crippen LogP contribution in [-0.2, 0) is 4.74 Å². The second-order valence-electron chi connectivity index (χ2n) is 3.62. The summed E-state index contributed by atoms with van der Waals surface area (Å²) in [6.07, 6.45) is 2.89. The van der Waals surface area contributed by atoms with E-state index in [4.69, 9.17) is 4.74 Å². The smallest absolute Gasteiger partial charge is 0.0614 e. The summed E-state index contributed by atoms with van der Waals surface area (Å²) in [7, 11) is 2.00. The van der Waals surface area contributed by atoms with E-state index in [1.165, 1.54) is 6.42 Å². The Labute approximate surface area is 63.0 Å². The van der Waals surface area contributed by atoms with E-state index in [0.717, 1.165) is 13.0 Å². The van der Waals surface area contributed by atoms with Gasteiger partial charge in [0.1, 0.15) is 0 Å². The Morgan fingerprint density at radius 3 is 2.50 bits per heavy atom. The van der Waals surface area contributed by atoms with E-state index >= 15 is 0 Å². The average Bonchev–Trinajstić information content (AvgIpc) is 1.80. The molecule has 0 aromatic carbocycles. The molecule has 0 aliphatic carbocycles. The third-order valence-electron chi connectivity index (χ3n) is 2.21. The van der Waals surface area contributed by atoms with Crippen LogP contribution in [0.4, 0.5) is 0 Å². The van der Waals surface area contributed by atoms with Crippen molar-refractivity contribution in [1.29, 1.82) is 0 Å². The lowest BCUT2D eigenvalue weighted by molar-refractivity contribution is -0.0653. The number of nitrogens with one attached hydrogen (secondary N) is 1. The normalized spacial score (nSPS) is 26.1. The summed E-state index contributed by atoms with van der Waals surface area (Å²) in [6, 6.07) is 0. The maximum absolute atomic E-state index is 5.33. The van der Waals surface area contributed by atoms with Crippen LogP contribution in [0.1, 0.15) is 26.7 Å². The van der Waals surface area contributed by atoms with Crippen LogP contribution < -0.4 is 5.32 Å². The lowest BCUT2D eigenvalue weighted by Gasteiger charge is -2.34. The third kappa shape index (κ3) is 1.96. The molecule has 2 nitrogen and oxygen atoms in total. The van der Waals surface area contributed by atoms with E-state index in [1.54, 1.807) is 0 Å². The van der Waals surface area contributed by atoms with Gasteiger partial charge in [0.15, 0.2) is 0 Å². The van der Waals surface area contributed by atoms with Crippen molar-refractivity contribution in [3.05, 3.63) is 0 Å². The van der Waals surface area contributed by atoms with Gasteiger partial charge in [0.05, 0.1) is 6.10 Å². The van der Waals surface area contributed by atoms with Gasteiger partial charge >= 0.3 is 0 Å². The predicted octanol–water partition coefficient (Wildman–Crippen LogP) is 1.16. The number of ether oxygens (including phenoxy) is 1. The van der Waals surface area contributed by atoms with Gasteiger partial charge in [0, 0.05) is 12.1 Å². The molecule has 10 heavy (non-hydrogen) atoms. The van der Waals surface area contributed by atoms with Crippen LogP contribution in [0.5, 0.6) is 0 Å². The maximum Gasteiger partial charge on any atom is 0.0614 e. The van der Waals surface area contributed by atoms with Crippen molar-refractivity contribution in [2.45, 2.75) is 38.3 Å². The fraction of sp³-hybridized carbons (Fsp3) is 1.00. The fourth-order valence-electron chi connectivity index (χ4n) is 1.12. The van der Waals surface area contributed by atoms with Crippen LogP contribution in [0.3, 0.4) is 0 Å². The zero-order valence-electron chi connectivity index (χ0n) is 7.11. The van der Waals surface area contributed by atoms with Crippen LogP contribution in [0.25, 0.3) is 0 Å². The molecule has 1 heterocycles. The molecule has 0 aromatic rings. The predicted molar refractivity (Wildman–Crippen MR) is 42.1 cm³/mol. The summed E-state index contributed by atoms with van der Waals surface area (Å²) >= 11 is 0. The molecule has 1 N–H and O–H groups in total. The van der Waals surface area contributed by atoms with Gasteiger partial charge in [-0.2, -0.15) is 0 Å². The standard InChI is InChI=1S/C8H17NO/c1-8(2,9-3)6-7-4-5-10-7/h7,9H,4-6H2,1-3H3. The Kier molecular flexibility index (Phi) is 2.32. The summed E-state index contributed by atoms with van der Waals surface area (Å²) < 4.78 is 5.33. The first kappa shape index (κ1) is 8.02.